The van der Waals surface area contributed by atoms with Gasteiger partial charge in [0.25, 0.3) is 0 Å². The third-order valence-electron chi connectivity index (χ3n) is 4.14. The molecule has 104 valence electrons. The number of piperidine rings is 1. The molecule has 5 heteroatoms. The van der Waals surface area contributed by atoms with Crippen molar-refractivity contribution in [3.05, 3.63) is 18.2 Å². The van der Waals surface area contributed by atoms with Crippen LogP contribution < -0.4 is 0 Å². The molecule has 1 aromatic heterocycles. The normalized spacial score (nSPS) is 24.4. The molecule has 0 N–H and O–H groups in total. The lowest BCUT2D eigenvalue weighted by Crippen LogP contribution is -2.44. The summed E-state index contributed by atoms with van der Waals surface area (Å²) in [5, 5.41) is 0. The van der Waals surface area contributed by atoms with Crippen LogP contribution in [0.15, 0.2) is 12.5 Å². The zero-order chi connectivity index (χ0) is 13.2. The van der Waals surface area contributed by atoms with Crippen molar-refractivity contribution in [3.63, 3.8) is 0 Å². The summed E-state index contributed by atoms with van der Waals surface area (Å²) >= 11 is 0. The first-order chi connectivity index (χ1) is 9.29. The van der Waals surface area contributed by atoms with E-state index in [0.717, 1.165) is 32.4 Å². The molecule has 1 atom stereocenters. The second-order valence-electron chi connectivity index (χ2n) is 5.53. The molecule has 2 heterocycles. The number of nitrogens with zero attached hydrogens (tertiary/aromatic N) is 3. The summed E-state index contributed by atoms with van der Waals surface area (Å²) in [7, 11) is 1.48. The SMILES string of the molecule is COC(=O)[C@H]1CCCCN1Cc1cncn1C1CC1. The Kier molecular flexibility index (Phi) is 3.55. The van der Waals surface area contributed by atoms with E-state index in [9.17, 15) is 4.79 Å². The second-order valence-corrected chi connectivity index (χ2v) is 5.53. The number of likely N-dealkylation sites (tertiary alicyclic amines) is 1. The zero-order valence-electron chi connectivity index (χ0n) is 11.4. The van der Waals surface area contributed by atoms with Gasteiger partial charge in [-0.3, -0.25) is 9.69 Å². The van der Waals surface area contributed by atoms with Crippen molar-refractivity contribution < 1.29 is 9.53 Å². The van der Waals surface area contributed by atoms with E-state index in [4.69, 9.17) is 4.74 Å². The lowest BCUT2D eigenvalue weighted by atomic mass is 10.0. The predicted molar refractivity (Wildman–Crippen MR) is 70.6 cm³/mol. The molecule has 1 aliphatic heterocycles. The van der Waals surface area contributed by atoms with E-state index in [1.807, 2.05) is 12.5 Å². The number of carbonyl (C=O) groups excluding carboxylic acids is 1. The summed E-state index contributed by atoms with van der Waals surface area (Å²) < 4.78 is 7.19. The van der Waals surface area contributed by atoms with Crippen molar-refractivity contribution in [2.45, 2.75) is 50.7 Å². The van der Waals surface area contributed by atoms with Crippen LogP contribution in [0.25, 0.3) is 0 Å². The molecule has 1 saturated heterocycles. The Morgan fingerprint density at radius 2 is 2.26 bits per heavy atom. The molecule has 5 nitrogen and oxygen atoms in total. The fourth-order valence-electron chi connectivity index (χ4n) is 2.93. The highest BCUT2D eigenvalue weighted by molar-refractivity contribution is 5.75. The molecule has 1 aromatic rings. The van der Waals surface area contributed by atoms with Crippen molar-refractivity contribution in [1.29, 1.82) is 0 Å². The lowest BCUT2D eigenvalue weighted by Gasteiger charge is -2.33. The standard InChI is InChI=1S/C14H21N3O2/c1-19-14(18)13-4-2-3-7-16(13)9-12-8-15-10-17(12)11-5-6-11/h8,10-11,13H,2-7,9H2,1H3/t13-/m1/s1. The average molecular weight is 263 g/mol. The zero-order valence-corrected chi connectivity index (χ0v) is 11.4. The molecule has 0 spiro atoms. The summed E-state index contributed by atoms with van der Waals surface area (Å²) in [6.45, 7) is 1.77. The van der Waals surface area contributed by atoms with Gasteiger partial charge in [-0.2, -0.15) is 0 Å². The van der Waals surface area contributed by atoms with Crippen LogP contribution in [0.3, 0.4) is 0 Å². The highest BCUT2D eigenvalue weighted by Crippen LogP contribution is 2.36. The van der Waals surface area contributed by atoms with Gasteiger partial charge >= 0.3 is 5.97 Å². The van der Waals surface area contributed by atoms with Crippen LogP contribution in [-0.4, -0.2) is 40.1 Å². The van der Waals surface area contributed by atoms with Crippen molar-refractivity contribution in [3.8, 4) is 0 Å². The number of esters is 1. The van der Waals surface area contributed by atoms with Gasteiger partial charge in [0.1, 0.15) is 6.04 Å². The van der Waals surface area contributed by atoms with E-state index >= 15 is 0 Å². The van der Waals surface area contributed by atoms with Gasteiger partial charge in [0, 0.05) is 18.8 Å². The number of aromatic nitrogens is 2. The third-order valence-corrected chi connectivity index (χ3v) is 4.14. The van der Waals surface area contributed by atoms with E-state index in [1.54, 1.807) is 0 Å². The summed E-state index contributed by atoms with van der Waals surface area (Å²) in [5.74, 6) is -0.0998. The summed E-state index contributed by atoms with van der Waals surface area (Å²) in [6.07, 6.45) is 9.53. The highest BCUT2D eigenvalue weighted by atomic mass is 16.5. The third kappa shape index (κ3) is 2.66. The van der Waals surface area contributed by atoms with Crippen LogP contribution in [0.1, 0.15) is 43.8 Å². The van der Waals surface area contributed by atoms with E-state index in [1.165, 1.54) is 25.6 Å². The van der Waals surface area contributed by atoms with Crippen LogP contribution >= 0.6 is 0 Å². The quantitative estimate of drug-likeness (QED) is 0.776. The molecule has 3 rings (SSSR count). The molecule has 0 unspecified atom stereocenters. The smallest absolute Gasteiger partial charge is 0.323 e. The number of ether oxygens (including phenoxy) is 1. The first-order valence-corrected chi connectivity index (χ1v) is 7.12. The lowest BCUT2D eigenvalue weighted by molar-refractivity contribution is -0.148. The van der Waals surface area contributed by atoms with Gasteiger partial charge in [-0.15, -0.1) is 0 Å². The van der Waals surface area contributed by atoms with Crippen LogP contribution in [0.4, 0.5) is 0 Å². The predicted octanol–water partition coefficient (Wildman–Crippen LogP) is 1.75. The molecular weight excluding hydrogens is 242 g/mol. The minimum atomic E-state index is -0.0998. The summed E-state index contributed by atoms with van der Waals surface area (Å²) in [6, 6.07) is 0.556. The fourth-order valence-corrected chi connectivity index (χ4v) is 2.93. The van der Waals surface area contributed by atoms with Crippen molar-refractivity contribution in [1.82, 2.24) is 14.5 Å². The Morgan fingerprint density at radius 3 is 3.00 bits per heavy atom. The average Bonchev–Trinajstić information content (AvgIpc) is 3.19. The van der Waals surface area contributed by atoms with Crippen molar-refractivity contribution in [2.24, 2.45) is 0 Å². The number of imidazole rings is 1. The van der Waals surface area contributed by atoms with Gasteiger partial charge in [0.05, 0.1) is 19.1 Å². The Morgan fingerprint density at radius 1 is 1.42 bits per heavy atom. The molecule has 19 heavy (non-hydrogen) atoms. The number of hydrogen-bond acceptors (Lipinski definition) is 4. The molecule has 2 fully saturated rings. The van der Waals surface area contributed by atoms with Crippen LogP contribution in [0.2, 0.25) is 0 Å². The maximum atomic E-state index is 11.9. The van der Waals surface area contributed by atoms with Gasteiger partial charge in [0.2, 0.25) is 0 Å². The number of methoxy groups -OCH3 is 1. The van der Waals surface area contributed by atoms with Gasteiger partial charge in [-0.05, 0) is 32.2 Å². The minimum Gasteiger partial charge on any atom is -0.468 e. The van der Waals surface area contributed by atoms with Crippen molar-refractivity contribution in [2.75, 3.05) is 13.7 Å². The largest absolute Gasteiger partial charge is 0.468 e. The maximum absolute atomic E-state index is 11.9. The molecule has 1 saturated carbocycles. The van der Waals surface area contributed by atoms with Gasteiger partial charge in [-0.1, -0.05) is 6.42 Å². The first-order valence-electron chi connectivity index (χ1n) is 7.12. The van der Waals surface area contributed by atoms with Gasteiger partial charge in [-0.25, -0.2) is 4.98 Å². The van der Waals surface area contributed by atoms with Crippen LogP contribution in [-0.2, 0) is 16.1 Å². The van der Waals surface area contributed by atoms with Crippen LogP contribution in [0.5, 0.6) is 0 Å². The fraction of sp³-hybridized carbons (Fsp3) is 0.714. The van der Waals surface area contributed by atoms with Gasteiger partial charge in [0.15, 0.2) is 0 Å². The van der Waals surface area contributed by atoms with Crippen LogP contribution in [0, 0.1) is 0 Å². The number of carbonyl (C=O) groups is 1. The molecular formula is C14H21N3O2. The Bertz CT molecular complexity index is 453. The summed E-state index contributed by atoms with van der Waals surface area (Å²) in [4.78, 5) is 18.4. The number of hydrogen-bond donors (Lipinski definition) is 0. The molecule has 0 bridgehead atoms. The Hall–Kier alpha value is -1.36. The van der Waals surface area contributed by atoms with E-state index in [2.05, 4.69) is 14.5 Å². The maximum Gasteiger partial charge on any atom is 0.323 e. The molecule has 0 aromatic carbocycles. The van der Waals surface area contributed by atoms with E-state index < -0.39 is 0 Å². The number of rotatable bonds is 4. The van der Waals surface area contributed by atoms with Gasteiger partial charge < -0.3 is 9.30 Å². The molecule has 0 radical (unpaired) electrons. The Labute approximate surface area is 113 Å². The Balaban J connectivity index is 1.72. The monoisotopic (exact) mass is 263 g/mol. The second kappa shape index (κ2) is 5.33. The molecule has 2 aliphatic rings. The topological polar surface area (TPSA) is 47.4 Å². The highest BCUT2D eigenvalue weighted by Gasteiger charge is 2.31. The molecule has 1 aliphatic carbocycles. The van der Waals surface area contributed by atoms with Crippen molar-refractivity contribution >= 4 is 5.97 Å². The first kappa shape index (κ1) is 12.7. The van der Waals surface area contributed by atoms with E-state index in [0.29, 0.717) is 6.04 Å². The minimum absolute atomic E-state index is 0.0821. The molecule has 0 amide bonds. The summed E-state index contributed by atoms with van der Waals surface area (Å²) in [5.41, 5.74) is 1.22. The van der Waals surface area contributed by atoms with E-state index in [-0.39, 0.29) is 12.0 Å².